The van der Waals surface area contributed by atoms with E-state index >= 15 is 0 Å². The van der Waals surface area contributed by atoms with Crippen molar-refractivity contribution >= 4 is 23.7 Å². The number of esters is 1. The summed E-state index contributed by atoms with van der Waals surface area (Å²) in [6, 6.07) is 3.89. The van der Waals surface area contributed by atoms with E-state index in [1.165, 1.54) is 13.3 Å². The fraction of sp³-hybridized carbons (Fsp3) is 0.524. The van der Waals surface area contributed by atoms with E-state index < -0.39 is 23.8 Å². The molecule has 0 aromatic heterocycles. The van der Waals surface area contributed by atoms with Crippen molar-refractivity contribution in [1.82, 2.24) is 9.80 Å². The van der Waals surface area contributed by atoms with Crippen LogP contribution in [0.2, 0.25) is 0 Å². The monoisotopic (exact) mass is 386 g/mol. The van der Waals surface area contributed by atoms with Crippen LogP contribution in [-0.4, -0.2) is 59.2 Å². The average molecular weight is 386 g/mol. The van der Waals surface area contributed by atoms with Crippen molar-refractivity contribution in [2.24, 2.45) is 0 Å². The highest BCUT2D eigenvalue weighted by Crippen LogP contribution is 2.26. The van der Waals surface area contributed by atoms with E-state index in [0.29, 0.717) is 18.7 Å². The van der Waals surface area contributed by atoms with Gasteiger partial charge < -0.3 is 9.64 Å². The van der Waals surface area contributed by atoms with Gasteiger partial charge in [0.1, 0.15) is 6.04 Å². The number of imide groups is 1. The lowest BCUT2D eigenvalue weighted by atomic mass is 10.1. The number of carbonyl (C=O) groups excluding carboxylic acids is 4. The molecule has 1 aromatic carbocycles. The van der Waals surface area contributed by atoms with E-state index in [-0.39, 0.29) is 18.1 Å². The Kier molecular flexibility index (Phi) is 6.11. The predicted octanol–water partition coefficient (Wildman–Crippen LogP) is 2.32. The lowest BCUT2D eigenvalue weighted by Crippen LogP contribution is -2.45. The highest BCUT2D eigenvalue weighted by molar-refractivity contribution is 6.22. The van der Waals surface area contributed by atoms with Gasteiger partial charge in [-0.2, -0.15) is 0 Å². The quantitative estimate of drug-likeness (QED) is 0.586. The van der Waals surface area contributed by atoms with Crippen molar-refractivity contribution in [3.63, 3.8) is 0 Å². The number of amides is 3. The molecule has 0 N–H and O–H groups in total. The van der Waals surface area contributed by atoms with Crippen molar-refractivity contribution in [3.8, 4) is 0 Å². The Bertz CT molecular complexity index is 796. The molecule has 150 valence electrons. The molecule has 1 aromatic rings. The lowest BCUT2D eigenvalue weighted by Gasteiger charge is -2.25. The molecular formula is C21H26N2O5. The fourth-order valence-electron chi connectivity index (χ4n) is 3.67. The van der Waals surface area contributed by atoms with Crippen molar-refractivity contribution < 1.29 is 23.9 Å². The minimum Gasteiger partial charge on any atom is -0.454 e. The molecule has 28 heavy (non-hydrogen) atoms. The van der Waals surface area contributed by atoms with Crippen molar-refractivity contribution in [1.29, 1.82) is 0 Å². The molecular weight excluding hydrogens is 360 g/mol. The minimum atomic E-state index is -1.09. The third kappa shape index (κ3) is 4.08. The predicted molar refractivity (Wildman–Crippen MR) is 102 cm³/mol. The van der Waals surface area contributed by atoms with Crippen LogP contribution in [-0.2, 0) is 14.3 Å². The van der Waals surface area contributed by atoms with Crippen LogP contribution >= 0.6 is 0 Å². The fourth-order valence-corrected chi connectivity index (χ4v) is 3.67. The van der Waals surface area contributed by atoms with Gasteiger partial charge in [-0.15, -0.1) is 0 Å². The molecule has 0 aliphatic carbocycles. The number of aryl methyl sites for hydroxylation is 1. The second-order valence-corrected chi connectivity index (χ2v) is 7.46. The molecule has 3 amide bonds. The number of rotatable bonds is 4. The summed E-state index contributed by atoms with van der Waals surface area (Å²) in [5, 5.41) is 0. The van der Waals surface area contributed by atoms with Gasteiger partial charge in [0, 0.05) is 13.1 Å². The van der Waals surface area contributed by atoms with Gasteiger partial charge in [-0.1, -0.05) is 30.9 Å². The van der Waals surface area contributed by atoms with Gasteiger partial charge in [-0.3, -0.25) is 19.3 Å². The number of hydrogen-bond acceptors (Lipinski definition) is 5. The van der Waals surface area contributed by atoms with E-state index in [1.54, 1.807) is 23.1 Å². The normalized spacial score (nSPS) is 18.4. The summed E-state index contributed by atoms with van der Waals surface area (Å²) < 4.78 is 5.15. The molecule has 1 unspecified atom stereocenters. The number of likely N-dealkylation sites (tertiary alicyclic amines) is 1. The molecule has 7 heteroatoms. The second kappa shape index (κ2) is 8.54. The third-order valence-corrected chi connectivity index (χ3v) is 5.35. The van der Waals surface area contributed by atoms with Crippen LogP contribution < -0.4 is 0 Å². The maximum Gasteiger partial charge on any atom is 0.329 e. The Balaban J connectivity index is 1.59. The topological polar surface area (TPSA) is 84.0 Å². The van der Waals surface area contributed by atoms with Gasteiger partial charge in [0.15, 0.2) is 6.61 Å². The minimum absolute atomic E-state index is 0.236. The Hall–Kier alpha value is -2.70. The van der Waals surface area contributed by atoms with Crippen molar-refractivity contribution in [2.45, 2.75) is 52.0 Å². The maximum atomic E-state index is 12.6. The van der Waals surface area contributed by atoms with Crippen LogP contribution in [0.25, 0.3) is 0 Å². The van der Waals surface area contributed by atoms with E-state index in [1.807, 2.05) is 6.92 Å². The van der Waals surface area contributed by atoms with Crippen LogP contribution in [0.4, 0.5) is 0 Å². The highest BCUT2D eigenvalue weighted by Gasteiger charge is 2.41. The van der Waals surface area contributed by atoms with Crippen LogP contribution in [0.5, 0.6) is 0 Å². The zero-order chi connectivity index (χ0) is 20.3. The molecule has 2 heterocycles. The van der Waals surface area contributed by atoms with Crippen LogP contribution in [0, 0.1) is 6.92 Å². The number of carbonyl (C=O) groups is 4. The summed E-state index contributed by atoms with van der Waals surface area (Å²) in [4.78, 5) is 52.5. The third-order valence-electron chi connectivity index (χ3n) is 5.35. The number of benzene rings is 1. The van der Waals surface area contributed by atoms with Gasteiger partial charge in [-0.05, 0) is 38.8 Å². The molecule has 0 spiro atoms. The lowest BCUT2D eigenvalue weighted by molar-refractivity contribution is -0.155. The smallest absolute Gasteiger partial charge is 0.329 e. The zero-order valence-electron chi connectivity index (χ0n) is 16.4. The number of fused-ring (bicyclic) bond motifs is 1. The summed E-state index contributed by atoms with van der Waals surface area (Å²) >= 11 is 0. The van der Waals surface area contributed by atoms with Gasteiger partial charge in [-0.25, -0.2) is 4.79 Å². The number of hydrogen-bond donors (Lipinski definition) is 0. The highest BCUT2D eigenvalue weighted by atomic mass is 16.5. The molecule has 7 nitrogen and oxygen atoms in total. The molecule has 0 saturated carbocycles. The van der Waals surface area contributed by atoms with Crippen LogP contribution in [0.1, 0.15) is 65.3 Å². The number of nitrogens with zero attached hydrogens (tertiary/aromatic N) is 2. The zero-order valence-corrected chi connectivity index (χ0v) is 16.4. The maximum absolute atomic E-state index is 12.6. The van der Waals surface area contributed by atoms with Crippen molar-refractivity contribution in [3.05, 3.63) is 34.9 Å². The Morgan fingerprint density at radius 2 is 1.61 bits per heavy atom. The van der Waals surface area contributed by atoms with Gasteiger partial charge in [0.05, 0.1) is 11.1 Å². The molecule has 0 bridgehead atoms. The molecule has 0 radical (unpaired) electrons. The largest absolute Gasteiger partial charge is 0.454 e. The Morgan fingerprint density at radius 3 is 2.29 bits per heavy atom. The summed E-state index contributed by atoms with van der Waals surface area (Å²) in [6.07, 6.45) is 5.28. The van der Waals surface area contributed by atoms with Crippen LogP contribution in [0.3, 0.4) is 0 Å². The first-order valence-corrected chi connectivity index (χ1v) is 9.83. The molecule has 1 fully saturated rings. The SMILES string of the molecule is Cc1ccc2c(c1)C(=O)N(C(C)C(=O)OCC(=O)N1CCCCCCC1)C2=O. The van der Waals surface area contributed by atoms with E-state index in [4.69, 9.17) is 4.74 Å². The Morgan fingerprint density at radius 1 is 1.00 bits per heavy atom. The van der Waals surface area contributed by atoms with Gasteiger partial charge in [0.2, 0.25) is 0 Å². The summed E-state index contributed by atoms with van der Waals surface area (Å²) in [6.45, 7) is 4.24. The molecule has 1 atom stereocenters. The molecule has 3 rings (SSSR count). The first kappa shape index (κ1) is 20.0. The molecule has 1 saturated heterocycles. The first-order valence-electron chi connectivity index (χ1n) is 9.83. The molecule has 2 aliphatic rings. The second-order valence-electron chi connectivity index (χ2n) is 7.46. The standard InChI is InChI=1S/C21H26N2O5/c1-14-8-9-16-17(12-14)20(26)23(19(16)25)15(2)21(27)28-13-18(24)22-10-6-4-3-5-7-11-22/h8-9,12,15H,3-7,10-11,13H2,1-2H3. The van der Waals surface area contributed by atoms with E-state index in [0.717, 1.165) is 36.1 Å². The molecule has 2 aliphatic heterocycles. The Labute approximate surface area is 164 Å². The van der Waals surface area contributed by atoms with E-state index in [9.17, 15) is 19.2 Å². The summed E-state index contributed by atoms with van der Waals surface area (Å²) in [5.74, 6) is -2.02. The van der Waals surface area contributed by atoms with Crippen LogP contribution in [0.15, 0.2) is 18.2 Å². The first-order chi connectivity index (χ1) is 13.4. The van der Waals surface area contributed by atoms with Gasteiger partial charge >= 0.3 is 5.97 Å². The summed E-state index contributed by atoms with van der Waals surface area (Å²) in [5.41, 5.74) is 1.43. The summed E-state index contributed by atoms with van der Waals surface area (Å²) in [7, 11) is 0. The van der Waals surface area contributed by atoms with Gasteiger partial charge in [0.25, 0.3) is 17.7 Å². The van der Waals surface area contributed by atoms with E-state index in [2.05, 4.69) is 0 Å². The average Bonchev–Trinajstić information content (AvgIpc) is 2.88. The van der Waals surface area contributed by atoms with Crippen molar-refractivity contribution in [2.75, 3.05) is 19.7 Å². The number of ether oxygens (including phenoxy) is 1.